The summed E-state index contributed by atoms with van der Waals surface area (Å²) in [7, 11) is 1.65. The third kappa shape index (κ3) is 69.5. The normalized spacial score (nSPS) is 12.2. The zero-order chi connectivity index (χ0) is 53.8. The van der Waals surface area contributed by atoms with Crippen LogP contribution in [0.25, 0.3) is 0 Å². The van der Waals surface area contributed by atoms with E-state index in [0.717, 1.165) is 26.1 Å². The monoisotopic (exact) mass is 1080 g/mol. The molecule has 75 heavy (non-hydrogen) atoms. The maximum absolute atomic E-state index is 6.30. The van der Waals surface area contributed by atoms with Gasteiger partial charge in [0.2, 0.25) is 0 Å². The molecular weight excluding hydrogens is 961 g/mol. The Morgan fingerprint density at radius 3 is 0.613 bits per heavy atom. The maximum atomic E-state index is 6.30. The minimum Gasteiger partial charge on any atom is -0.382 e. The molecule has 0 fully saturated rings. The van der Waals surface area contributed by atoms with Crippen molar-refractivity contribution in [2.24, 2.45) is 0 Å². The van der Waals surface area contributed by atoms with Crippen LogP contribution in [-0.4, -0.2) is 198 Å². The predicted octanol–water partition coefficient (Wildman–Crippen LogP) is 12.2. The van der Waals surface area contributed by atoms with Gasteiger partial charge in [-0.3, -0.25) is 0 Å². The number of hydrogen-bond donors (Lipinski definition) is 0. The van der Waals surface area contributed by atoms with Crippen LogP contribution in [0, 0.1) is 0 Å². The number of rotatable bonds is 71. The summed E-state index contributed by atoms with van der Waals surface area (Å²) in [4.78, 5) is 0. The first-order valence-corrected chi connectivity index (χ1v) is 31.0. The lowest BCUT2D eigenvalue weighted by molar-refractivity contribution is -0.0702. The van der Waals surface area contributed by atoms with Gasteiger partial charge in [-0.1, -0.05) is 181 Å². The van der Waals surface area contributed by atoms with Gasteiger partial charge < -0.3 is 71.1 Å². The molecule has 452 valence electrons. The molecule has 0 saturated heterocycles. The summed E-state index contributed by atoms with van der Waals surface area (Å²) in [6.45, 7) is 19.9. The van der Waals surface area contributed by atoms with Gasteiger partial charge in [0.1, 0.15) is 6.10 Å². The van der Waals surface area contributed by atoms with Gasteiger partial charge in [0.25, 0.3) is 0 Å². The SMILES string of the molecule is CCCCCCCCCCCCCCCCOC[C@@H](COCCOCCOCCOCCOCCOCCOCCOCCOCCOCCOCCOCCOC)OCCCCCCCCCCCCCCCC. The summed E-state index contributed by atoms with van der Waals surface area (Å²) in [5, 5.41) is 0. The van der Waals surface area contributed by atoms with E-state index in [1.54, 1.807) is 7.11 Å². The summed E-state index contributed by atoms with van der Waals surface area (Å²) < 4.78 is 84.3. The highest BCUT2D eigenvalue weighted by Gasteiger charge is 2.11. The molecule has 0 aromatic carbocycles. The van der Waals surface area contributed by atoms with Crippen molar-refractivity contribution in [3.63, 3.8) is 0 Å². The number of ether oxygens (including phenoxy) is 15. The molecule has 0 amide bonds. The molecule has 0 aromatic rings. The van der Waals surface area contributed by atoms with Crippen LogP contribution in [-0.2, 0) is 71.1 Å². The lowest BCUT2D eigenvalue weighted by atomic mass is 10.0. The molecule has 0 saturated carbocycles. The Bertz CT molecular complexity index is 973. The van der Waals surface area contributed by atoms with Crippen LogP contribution in [0.15, 0.2) is 0 Å². The van der Waals surface area contributed by atoms with Crippen molar-refractivity contribution in [3.8, 4) is 0 Å². The van der Waals surface area contributed by atoms with Crippen molar-refractivity contribution >= 4 is 0 Å². The Balaban J connectivity index is 3.74. The van der Waals surface area contributed by atoms with Crippen LogP contribution >= 0.6 is 0 Å². The molecule has 1 atom stereocenters. The fraction of sp³-hybridized carbons (Fsp3) is 1.00. The first kappa shape index (κ1) is 74.4. The van der Waals surface area contributed by atoms with Crippen LogP contribution in [0.4, 0.5) is 0 Å². The number of hydrogen-bond acceptors (Lipinski definition) is 15. The lowest BCUT2D eigenvalue weighted by Gasteiger charge is -2.18. The Morgan fingerprint density at radius 2 is 0.373 bits per heavy atom. The third-order valence-electron chi connectivity index (χ3n) is 12.6. The van der Waals surface area contributed by atoms with Crippen LogP contribution in [0.2, 0.25) is 0 Å². The average Bonchev–Trinajstić information content (AvgIpc) is 3.42. The van der Waals surface area contributed by atoms with Gasteiger partial charge in [0, 0.05) is 20.3 Å². The molecule has 15 nitrogen and oxygen atoms in total. The van der Waals surface area contributed by atoms with E-state index in [0.29, 0.717) is 172 Å². The van der Waals surface area contributed by atoms with Crippen LogP contribution in [0.1, 0.15) is 194 Å². The van der Waals surface area contributed by atoms with Crippen LogP contribution < -0.4 is 0 Å². The maximum Gasteiger partial charge on any atom is 0.104 e. The molecule has 0 aliphatic heterocycles. The van der Waals surface area contributed by atoms with Crippen molar-refractivity contribution in [1.82, 2.24) is 0 Å². The van der Waals surface area contributed by atoms with Gasteiger partial charge in [-0.05, 0) is 12.8 Å². The van der Waals surface area contributed by atoms with E-state index in [9.17, 15) is 0 Å². The van der Waals surface area contributed by atoms with E-state index in [-0.39, 0.29) is 6.10 Å². The molecule has 0 spiro atoms. The van der Waals surface area contributed by atoms with Gasteiger partial charge in [-0.2, -0.15) is 0 Å². The minimum atomic E-state index is -0.0420. The van der Waals surface area contributed by atoms with Crippen molar-refractivity contribution in [1.29, 1.82) is 0 Å². The number of methoxy groups -OCH3 is 1. The molecule has 0 radical (unpaired) electrons. The first-order chi connectivity index (χ1) is 37.3. The fourth-order valence-corrected chi connectivity index (χ4v) is 8.08. The Kier molecular flexibility index (Phi) is 70.8. The standard InChI is InChI=1S/C60H122O15/c1-4-6-8-10-12-14-16-18-20-22-24-26-28-30-32-73-58-60(75-33-31-29-27-25-23-21-19-17-15-13-11-9-7-5-2)59-74-57-56-72-55-54-71-53-52-70-51-50-69-49-48-68-47-46-67-45-44-66-43-42-65-41-40-64-39-38-63-37-36-62-35-34-61-3/h60H,4-59H2,1-3H3/t60-/m0/s1. The molecule has 0 bridgehead atoms. The molecule has 0 aliphatic carbocycles. The average molecular weight is 1080 g/mol. The second-order valence-corrected chi connectivity index (χ2v) is 19.6. The molecule has 0 unspecified atom stereocenters. The van der Waals surface area contributed by atoms with E-state index >= 15 is 0 Å². The van der Waals surface area contributed by atoms with Crippen molar-refractivity contribution < 1.29 is 71.1 Å². The van der Waals surface area contributed by atoms with Crippen molar-refractivity contribution in [2.75, 3.05) is 192 Å². The van der Waals surface area contributed by atoms with Crippen molar-refractivity contribution in [2.45, 2.75) is 200 Å². The molecule has 0 N–H and O–H groups in total. The largest absolute Gasteiger partial charge is 0.382 e. The van der Waals surface area contributed by atoms with Gasteiger partial charge in [-0.15, -0.1) is 0 Å². The van der Waals surface area contributed by atoms with E-state index in [2.05, 4.69) is 13.8 Å². The van der Waals surface area contributed by atoms with E-state index in [1.165, 1.54) is 167 Å². The first-order valence-electron chi connectivity index (χ1n) is 31.0. The highest BCUT2D eigenvalue weighted by molar-refractivity contribution is 4.58. The quantitative estimate of drug-likeness (QED) is 0.0534. The molecule has 0 heterocycles. The lowest BCUT2D eigenvalue weighted by Crippen LogP contribution is -2.27. The van der Waals surface area contributed by atoms with Gasteiger partial charge in [0.15, 0.2) is 0 Å². The van der Waals surface area contributed by atoms with Crippen molar-refractivity contribution in [3.05, 3.63) is 0 Å². The Hall–Kier alpha value is -0.600. The van der Waals surface area contributed by atoms with E-state index < -0.39 is 0 Å². The number of unbranched alkanes of at least 4 members (excludes halogenated alkanes) is 26. The molecule has 0 rings (SSSR count). The summed E-state index contributed by atoms with van der Waals surface area (Å²) in [5.41, 5.74) is 0. The van der Waals surface area contributed by atoms with Gasteiger partial charge in [0.05, 0.1) is 172 Å². The second kappa shape index (κ2) is 71.4. The van der Waals surface area contributed by atoms with Gasteiger partial charge in [-0.25, -0.2) is 0 Å². The van der Waals surface area contributed by atoms with Crippen LogP contribution in [0.5, 0.6) is 0 Å². The van der Waals surface area contributed by atoms with E-state index in [4.69, 9.17) is 71.1 Å². The molecule has 15 heteroatoms. The smallest absolute Gasteiger partial charge is 0.104 e. The molecule has 0 aliphatic rings. The fourth-order valence-electron chi connectivity index (χ4n) is 8.08. The highest BCUT2D eigenvalue weighted by Crippen LogP contribution is 2.15. The topological polar surface area (TPSA) is 138 Å². The van der Waals surface area contributed by atoms with Gasteiger partial charge >= 0.3 is 0 Å². The van der Waals surface area contributed by atoms with Crippen LogP contribution in [0.3, 0.4) is 0 Å². The highest BCUT2D eigenvalue weighted by atomic mass is 16.6. The Labute approximate surface area is 461 Å². The summed E-state index contributed by atoms with van der Waals surface area (Å²) in [6, 6.07) is 0. The summed E-state index contributed by atoms with van der Waals surface area (Å²) in [6.07, 6.45) is 38.1. The third-order valence-corrected chi connectivity index (χ3v) is 12.6. The molecular formula is C60H122O15. The van der Waals surface area contributed by atoms with E-state index in [1.807, 2.05) is 0 Å². The zero-order valence-corrected chi connectivity index (χ0v) is 49.3. The Morgan fingerprint density at radius 1 is 0.187 bits per heavy atom. The second-order valence-electron chi connectivity index (χ2n) is 19.6. The minimum absolute atomic E-state index is 0.0420. The molecule has 0 aromatic heterocycles. The summed E-state index contributed by atoms with van der Waals surface area (Å²) >= 11 is 0. The summed E-state index contributed by atoms with van der Waals surface area (Å²) in [5.74, 6) is 0. The zero-order valence-electron chi connectivity index (χ0n) is 49.3. The predicted molar refractivity (Wildman–Crippen MR) is 303 cm³/mol.